The maximum absolute atomic E-state index is 11.4. The van der Waals surface area contributed by atoms with Crippen molar-refractivity contribution in [2.45, 2.75) is 51.7 Å². The fourth-order valence-electron chi connectivity index (χ4n) is 2.53. The molecule has 1 fully saturated rings. The molecular weight excluding hydrogens is 252 g/mol. The fraction of sp³-hybridized carbons (Fsp3) is 0.562. The Kier molecular flexibility index (Phi) is 4.65. The molecule has 0 spiro atoms. The van der Waals surface area contributed by atoms with Crippen molar-refractivity contribution >= 4 is 17.3 Å². The highest BCUT2D eigenvalue weighted by Crippen LogP contribution is 2.27. The van der Waals surface area contributed by atoms with E-state index in [1.54, 1.807) is 0 Å². The van der Waals surface area contributed by atoms with E-state index in [-0.39, 0.29) is 11.5 Å². The van der Waals surface area contributed by atoms with Crippen LogP contribution in [0, 0.1) is 0 Å². The quantitative estimate of drug-likeness (QED) is 0.886. The number of anilines is 2. The second kappa shape index (κ2) is 6.27. The molecule has 4 nitrogen and oxygen atoms in total. The average molecular weight is 276 g/mol. The van der Waals surface area contributed by atoms with E-state index in [0.717, 1.165) is 30.8 Å². The summed E-state index contributed by atoms with van der Waals surface area (Å²) in [6.45, 7) is 6.88. The molecule has 1 saturated heterocycles. The molecule has 1 aromatic carbocycles. The van der Waals surface area contributed by atoms with Gasteiger partial charge in [-0.2, -0.15) is 0 Å². The van der Waals surface area contributed by atoms with Gasteiger partial charge in [-0.05, 0) is 44.9 Å². The van der Waals surface area contributed by atoms with Crippen LogP contribution in [-0.4, -0.2) is 24.2 Å². The number of rotatable bonds is 4. The van der Waals surface area contributed by atoms with Gasteiger partial charge in [0.05, 0.1) is 5.60 Å². The van der Waals surface area contributed by atoms with Crippen molar-refractivity contribution < 1.29 is 9.53 Å². The van der Waals surface area contributed by atoms with Crippen LogP contribution in [0.1, 0.15) is 40.0 Å². The van der Waals surface area contributed by atoms with E-state index >= 15 is 0 Å². The molecular formula is C16H24N2O2. The van der Waals surface area contributed by atoms with Crippen LogP contribution < -0.4 is 10.6 Å². The van der Waals surface area contributed by atoms with Gasteiger partial charge in [0, 0.05) is 30.4 Å². The Bertz CT molecular complexity index is 471. The summed E-state index contributed by atoms with van der Waals surface area (Å²) in [6.07, 6.45) is 2.49. The van der Waals surface area contributed by atoms with Gasteiger partial charge in [-0.1, -0.05) is 13.0 Å². The number of hydrogen-bond donors (Lipinski definition) is 2. The second-order valence-corrected chi connectivity index (χ2v) is 5.92. The van der Waals surface area contributed by atoms with Crippen molar-refractivity contribution in [2.75, 3.05) is 17.2 Å². The highest BCUT2D eigenvalue weighted by molar-refractivity contribution is 5.90. The molecule has 0 aliphatic carbocycles. The molecule has 1 aliphatic heterocycles. The number of amides is 1. The summed E-state index contributed by atoms with van der Waals surface area (Å²) in [6, 6.07) is 8.29. The zero-order chi connectivity index (χ0) is 14.6. The van der Waals surface area contributed by atoms with Gasteiger partial charge in [0.1, 0.15) is 0 Å². The van der Waals surface area contributed by atoms with Crippen LogP contribution in [0.2, 0.25) is 0 Å². The first kappa shape index (κ1) is 14.9. The number of hydrogen-bond acceptors (Lipinski definition) is 3. The standard InChI is InChI=1S/C16H24N2O2/c1-4-15(19)18-13-7-5-6-12(10-13)17-14-8-9-20-16(2,3)11-14/h5-7,10,14,17H,4,8-9,11H2,1-3H3,(H,18,19). The Balaban J connectivity index is 1.99. The van der Waals surface area contributed by atoms with E-state index in [9.17, 15) is 4.79 Å². The first-order valence-corrected chi connectivity index (χ1v) is 7.29. The molecule has 1 unspecified atom stereocenters. The zero-order valence-corrected chi connectivity index (χ0v) is 12.5. The van der Waals surface area contributed by atoms with Crippen molar-refractivity contribution in [1.82, 2.24) is 0 Å². The van der Waals surface area contributed by atoms with Crippen molar-refractivity contribution in [2.24, 2.45) is 0 Å². The third-order valence-electron chi connectivity index (χ3n) is 3.54. The molecule has 1 aromatic rings. The summed E-state index contributed by atoms with van der Waals surface area (Å²) in [7, 11) is 0. The lowest BCUT2D eigenvalue weighted by Crippen LogP contribution is -2.40. The summed E-state index contributed by atoms with van der Waals surface area (Å²) >= 11 is 0. The topological polar surface area (TPSA) is 50.4 Å². The summed E-state index contributed by atoms with van der Waals surface area (Å²) in [4.78, 5) is 11.4. The molecule has 0 aromatic heterocycles. The van der Waals surface area contributed by atoms with Crippen molar-refractivity contribution in [1.29, 1.82) is 0 Å². The second-order valence-electron chi connectivity index (χ2n) is 5.92. The summed E-state index contributed by atoms with van der Waals surface area (Å²) < 4.78 is 5.73. The summed E-state index contributed by atoms with van der Waals surface area (Å²) in [5, 5.41) is 6.42. The SMILES string of the molecule is CCC(=O)Nc1cccc(NC2CCOC(C)(C)C2)c1. The molecule has 2 rings (SSSR count). The number of carbonyl (C=O) groups is 1. The fourth-order valence-corrected chi connectivity index (χ4v) is 2.53. The van der Waals surface area contributed by atoms with Crippen LogP contribution in [0.25, 0.3) is 0 Å². The maximum atomic E-state index is 11.4. The molecule has 1 heterocycles. The molecule has 4 heteroatoms. The molecule has 0 radical (unpaired) electrons. The Morgan fingerprint density at radius 3 is 2.85 bits per heavy atom. The van der Waals surface area contributed by atoms with E-state index in [2.05, 4.69) is 24.5 Å². The molecule has 2 N–H and O–H groups in total. The Hall–Kier alpha value is -1.55. The number of nitrogens with one attached hydrogen (secondary N) is 2. The number of ether oxygens (including phenoxy) is 1. The van der Waals surface area contributed by atoms with Crippen LogP contribution in [0.4, 0.5) is 11.4 Å². The van der Waals surface area contributed by atoms with E-state index in [1.165, 1.54) is 0 Å². The van der Waals surface area contributed by atoms with Gasteiger partial charge in [0.2, 0.25) is 5.91 Å². The van der Waals surface area contributed by atoms with Crippen LogP contribution >= 0.6 is 0 Å². The van der Waals surface area contributed by atoms with Gasteiger partial charge < -0.3 is 15.4 Å². The summed E-state index contributed by atoms with van der Waals surface area (Å²) in [5.41, 5.74) is 1.82. The molecule has 20 heavy (non-hydrogen) atoms. The van der Waals surface area contributed by atoms with Gasteiger partial charge >= 0.3 is 0 Å². The van der Waals surface area contributed by atoms with Crippen molar-refractivity contribution in [3.05, 3.63) is 24.3 Å². The lowest BCUT2D eigenvalue weighted by atomic mass is 9.94. The van der Waals surface area contributed by atoms with Gasteiger partial charge in [-0.3, -0.25) is 4.79 Å². The maximum Gasteiger partial charge on any atom is 0.224 e. The molecule has 110 valence electrons. The summed E-state index contributed by atoms with van der Waals surface area (Å²) in [5.74, 6) is 0.0364. The smallest absolute Gasteiger partial charge is 0.224 e. The van der Waals surface area contributed by atoms with Crippen LogP contribution in [0.3, 0.4) is 0 Å². The third kappa shape index (κ3) is 4.23. The highest BCUT2D eigenvalue weighted by atomic mass is 16.5. The lowest BCUT2D eigenvalue weighted by molar-refractivity contribution is -0.115. The molecule has 0 saturated carbocycles. The van der Waals surface area contributed by atoms with Crippen molar-refractivity contribution in [3.63, 3.8) is 0 Å². The molecule has 1 amide bonds. The average Bonchev–Trinajstić information content (AvgIpc) is 2.37. The van der Waals surface area contributed by atoms with E-state index in [1.807, 2.05) is 31.2 Å². The molecule has 0 bridgehead atoms. The van der Waals surface area contributed by atoms with Gasteiger partial charge in [0.25, 0.3) is 0 Å². The predicted octanol–water partition coefficient (Wildman–Crippen LogP) is 3.40. The third-order valence-corrected chi connectivity index (χ3v) is 3.54. The monoisotopic (exact) mass is 276 g/mol. The first-order valence-electron chi connectivity index (χ1n) is 7.29. The van der Waals surface area contributed by atoms with Gasteiger partial charge in [-0.15, -0.1) is 0 Å². The van der Waals surface area contributed by atoms with E-state index in [4.69, 9.17) is 4.74 Å². The highest BCUT2D eigenvalue weighted by Gasteiger charge is 2.28. The molecule has 1 aliphatic rings. The van der Waals surface area contributed by atoms with Gasteiger partial charge in [0.15, 0.2) is 0 Å². The Morgan fingerprint density at radius 1 is 1.40 bits per heavy atom. The van der Waals surface area contributed by atoms with E-state index < -0.39 is 0 Å². The van der Waals surface area contributed by atoms with Crippen LogP contribution in [-0.2, 0) is 9.53 Å². The molecule has 1 atom stereocenters. The minimum atomic E-state index is -0.0655. The zero-order valence-electron chi connectivity index (χ0n) is 12.5. The largest absolute Gasteiger partial charge is 0.382 e. The minimum absolute atomic E-state index is 0.0364. The van der Waals surface area contributed by atoms with E-state index in [0.29, 0.717) is 12.5 Å². The van der Waals surface area contributed by atoms with Gasteiger partial charge in [-0.25, -0.2) is 0 Å². The predicted molar refractivity (Wildman–Crippen MR) is 82.0 cm³/mol. The van der Waals surface area contributed by atoms with Crippen molar-refractivity contribution in [3.8, 4) is 0 Å². The van der Waals surface area contributed by atoms with Crippen LogP contribution in [0.5, 0.6) is 0 Å². The minimum Gasteiger partial charge on any atom is -0.382 e. The number of benzene rings is 1. The Labute approximate surface area is 120 Å². The normalized spacial score (nSPS) is 21.2. The van der Waals surface area contributed by atoms with Crippen LogP contribution in [0.15, 0.2) is 24.3 Å². The Morgan fingerprint density at radius 2 is 2.15 bits per heavy atom. The first-order chi connectivity index (χ1) is 9.48. The number of carbonyl (C=O) groups excluding carboxylic acids is 1. The lowest BCUT2D eigenvalue weighted by Gasteiger charge is -2.36.